The van der Waals surface area contributed by atoms with Crippen LogP contribution in [0.3, 0.4) is 0 Å². The highest BCUT2D eigenvalue weighted by molar-refractivity contribution is 5.79. The largest absolute Gasteiger partial charge is 0.445 e. The smallest absolute Gasteiger partial charge is 0.407 e. The molecule has 1 aromatic rings. The Morgan fingerprint density at radius 2 is 1.65 bits per heavy atom. The van der Waals surface area contributed by atoms with Crippen molar-refractivity contribution in [3.05, 3.63) is 35.9 Å². The van der Waals surface area contributed by atoms with E-state index in [0.29, 0.717) is 24.8 Å². The molecule has 146 valence electrons. The van der Waals surface area contributed by atoms with Gasteiger partial charge in [-0.25, -0.2) is 4.79 Å². The molecule has 1 aromatic carbocycles. The summed E-state index contributed by atoms with van der Waals surface area (Å²) in [5.41, 5.74) is 6.41. The molecule has 0 aliphatic heterocycles. The standard InChI is InChI=1S/C20H33N3O3/c1-14(2)10-17(12-22-18(19(21)24)11-15(3)4)23-20(25)26-13-16-8-6-5-7-9-16/h5-9,14-15,17-18,22H,10-13H2,1-4H3,(H2,21,24)(H,23,25)/t17-,18-/m0/s1. The van der Waals surface area contributed by atoms with Gasteiger partial charge in [-0.15, -0.1) is 0 Å². The summed E-state index contributed by atoms with van der Waals surface area (Å²) < 4.78 is 5.29. The molecule has 4 N–H and O–H groups in total. The van der Waals surface area contributed by atoms with Crippen LogP contribution in [0.5, 0.6) is 0 Å². The van der Waals surface area contributed by atoms with E-state index in [9.17, 15) is 9.59 Å². The topological polar surface area (TPSA) is 93.5 Å². The molecule has 0 unspecified atom stereocenters. The van der Waals surface area contributed by atoms with Crippen molar-refractivity contribution in [1.29, 1.82) is 0 Å². The van der Waals surface area contributed by atoms with Gasteiger partial charge in [-0.2, -0.15) is 0 Å². The van der Waals surface area contributed by atoms with Crippen molar-refractivity contribution in [2.75, 3.05) is 6.54 Å². The molecule has 6 nitrogen and oxygen atoms in total. The number of nitrogens with two attached hydrogens (primary N) is 1. The van der Waals surface area contributed by atoms with Crippen LogP contribution < -0.4 is 16.4 Å². The summed E-state index contributed by atoms with van der Waals surface area (Å²) >= 11 is 0. The number of alkyl carbamates (subject to hydrolysis) is 1. The van der Waals surface area contributed by atoms with E-state index in [1.165, 1.54) is 0 Å². The van der Waals surface area contributed by atoms with Crippen LogP contribution in [0.2, 0.25) is 0 Å². The molecule has 0 saturated heterocycles. The van der Waals surface area contributed by atoms with Crippen molar-refractivity contribution < 1.29 is 14.3 Å². The van der Waals surface area contributed by atoms with Gasteiger partial charge in [0.2, 0.25) is 5.91 Å². The van der Waals surface area contributed by atoms with E-state index < -0.39 is 12.1 Å². The van der Waals surface area contributed by atoms with E-state index in [4.69, 9.17) is 10.5 Å². The summed E-state index contributed by atoms with van der Waals surface area (Å²) in [4.78, 5) is 23.7. The fourth-order valence-electron chi connectivity index (χ4n) is 2.75. The zero-order valence-corrected chi connectivity index (χ0v) is 16.3. The van der Waals surface area contributed by atoms with Gasteiger partial charge in [0.15, 0.2) is 0 Å². The molecule has 0 fully saturated rings. The third kappa shape index (κ3) is 9.42. The Hall–Kier alpha value is -2.08. The van der Waals surface area contributed by atoms with Crippen molar-refractivity contribution in [3.8, 4) is 0 Å². The van der Waals surface area contributed by atoms with Gasteiger partial charge in [-0.3, -0.25) is 4.79 Å². The van der Waals surface area contributed by atoms with Crippen LogP contribution in [0, 0.1) is 11.8 Å². The van der Waals surface area contributed by atoms with Gasteiger partial charge in [0.1, 0.15) is 6.61 Å². The minimum absolute atomic E-state index is 0.132. The predicted octanol–water partition coefficient (Wildman–Crippen LogP) is 2.82. The first kappa shape index (κ1) is 22.0. The first-order valence-corrected chi connectivity index (χ1v) is 9.27. The van der Waals surface area contributed by atoms with Crippen LogP contribution in [0.15, 0.2) is 30.3 Å². The molecule has 0 heterocycles. The first-order chi connectivity index (χ1) is 12.3. The van der Waals surface area contributed by atoms with Crippen LogP contribution in [0.1, 0.15) is 46.1 Å². The second-order valence-corrected chi connectivity index (χ2v) is 7.53. The van der Waals surface area contributed by atoms with E-state index in [1.807, 2.05) is 44.2 Å². The lowest BCUT2D eigenvalue weighted by atomic mass is 10.0. The maximum atomic E-state index is 12.1. The van der Waals surface area contributed by atoms with Gasteiger partial charge in [-0.05, 0) is 30.2 Å². The monoisotopic (exact) mass is 363 g/mol. The molecule has 6 heteroatoms. The molecule has 2 amide bonds. The van der Waals surface area contributed by atoms with E-state index in [1.54, 1.807) is 0 Å². The third-order valence-electron chi connectivity index (χ3n) is 3.95. The van der Waals surface area contributed by atoms with Crippen molar-refractivity contribution in [3.63, 3.8) is 0 Å². The van der Waals surface area contributed by atoms with Crippen LogP contribution in [-0.4, -0.2) is 30.6 Å². The van der Waals surface area contributed by atoms with E-state index in [2.05, 4.69) is 24.5 Å². The Bertz CT molecular complexity index is 546. The number of primary amides is 1. The van der Waals surface area contributed by atoms with Gasteiger partial charge in [0, 0.05) is 12.6 Å². The fourth-order valence-corrected chi connectivity index (χ4v) is 2.75. The van der Waals surface area contributed by atoms with Gasteiger partial charge < -0.3 is 21.1 Å². The van der Waals surface area contributed by atoms with Crippen molar-refractivity contribution in [2.45, 2.75) is 59.2 Å². The number of carbonyl (C=O) groups is 2. The van der Waals surface area contributed by atoms with Crippen molar-refractivity contribution in [1.82, 2.24) is 10.6 Å². The summed E-state index contributed by atoms with van der Waals surface area (Å²) in [6.45, 7) is 8.96. The zero-order chi connectivity index (χ0) is 19.5. The number of benzene rings is 1. The van der Waals surface area contributed by atoms with Gasteiger partial charge in [-0.1, -0.05) is 58.0 Å². The lowest BCUT2D eigenvalue weighted by Crippen LogP contribution is -2.49. The Balaban J connectivity index is 2.53. The lowest BCUT2D eigenvalue weighted by molar-refractivity contribution is -0.120. The average Bonchev–Trinajstić information content (AvgIpc) is 2.56. The zero-order valence-electron chi connectivity index (χ0n) is 16.3. The van der Waals surface area contributed by atoms with Gasteiger partial charge in [0.05, 0.1) is 6.04 Å². The summed E-state index contributed by atoms with van der Waals surface area (Å²) in [5.74, 6) is 0.384. The highest BCUT2D eigenvalue weighted by Crippen LogP contribution is 2.08. The first-order valence-electron chi connectivity index (χ1n) is 9.27. The van der Waals surface area contributed by atoms with Gasteiger partial charge >= 0.3 is 6.09 Å². The molecule has 0 bridgehead atoms. The number of ether oxygens (including phenoxy) is 1. The number of nitrogens with one attached hydrogen (secondary N) is 2. The van der Waals surface area contributed by atoms with Crippen LogP contribution >= 0.6 is 0 Å². The molecule has 1 rings (SSSR count). The quantitative estimate of drug-likeness (QED) is 0.563. The summed E-state index contributed by atoms with van der Waals surface area (Å²) in [6.07, 6.45) is 0.990. The molecule has 26 heavy (non-hydrogen) atoms. The number of amides is 2. The predicted molar refractivity (Wildman–Crippen MR) is 103 cm³/mol. The van der Waals surface area contributed by atoms with Crippen molar-refractivity contribution in [2.24, 2.45) is 17.6 Å². The molecule has 0 saturated carbocycles. The third-order valence-corrected chi connectivity index (χ3v) is 3.95. The van der Waals surface area contributed by atoms with Crippen LogP contribution in [0.4, 0.5) is 4.79 Å². The summed E-state index contributed by atoms with van der Waals surface area (Å²) in [7, 11) is 0. The maximum absolute atomic E-state index is 12.1. The van der Waals surface area contributed by atoms with Crippen LogP contribution in [0.25, 0.3) is 0 Å². The van der Waals surface area contributed by atoms with E-state index in [0.717, 1.165) is 12.0 Å². The molecule has 2 atom stereocenters. The van der Waals surface area contributed by atoms with E-state index >= 15 is 0 Å². The Kier molecular flexibility index (Phi) is 9.73. The Morgan fingerprint density at radius 3 is 2.19 bits per heavy atom. The summed E-state index contributed by atoms with van der Waals surface area (Å²) in [6, 6.07) is 9.01. The molecular weight excluding hydrogens is 330 g/mol. The fraction of sp³-hybridized carbons (Fsp3) is 0.600. The molecule has 0 aliphatic carbocycles. The number of rotatable bonds is 11. The molecule has 0 aromatic heterocycles. The van der Waals surface area contributed by atoms with E-state index in [-0.39, 0.29) is 18.6 Å². The SMILES string of the molecule is CC(C)C[C@@H](CN[C@@H](CC(C)C)C(N)=O)NC(=O)OCc1ccccc1. The minimum atomic E-state index is -0.458. The Morgan fingerprint density at radius 1 is 1.04 bits per heavy atom. The lowest BCUT2D eigenvalue weighted by Gasteiger charge is -2.24. The maximum Gasteiger partial charge on any atom is 0.407 e. The summed E-state index contributed by atoms with van der Waals surface area (Å²) in [5, 5.41) is 6.08. The minimum Gasteiger partial charge on any atom is -0.445 e. The number of hydrogen-bond donors (Lipinski definition) is 3. The number of carbonyl (C=O) groups excluding carboxylic acids is 2. The number of hydrogen-bond acceptors (Lipinski definition) is 4. The molecular formula is C20H33N3O3. The average molecular weight is 364 g/mol. The van der Waals surface area contributed by atoms with Crippen LogP contribution in [-0.2, 0) is 16.1 Å². The Labute approximate surface area is 156 Å². The normalized spacial score (nSPS) is 13.5. The van der Waals surface area contributed by atoms with Gasteiger partial charge in [0.25, 0.3) is 0 Å². The molecule has 0 aliphatic rings. The second-order valence-electron chi connectivity index (χ2n) is 7.53. The highest BCUT2D eigenvalue weighted by Gasteiger charge is 2.20. The highest BCUT2D eigenvalue weighted by atomic mass is 16.5. The second kappa shape index (κ2) is 11.5. The van der Waals surface area contributed by atoms with Crippen molar-refractivity contribution >= 4 is 12.0 Å². The molecule has 0 spiro atoms. The molecule has 0 radical (unpaired) electrons.